The van der Waals surface area contributed by atoms with Gasteiger partial charge >= 0.3 is 12.2 Å². The molecule has 0 spiro atoms. The van der Waals surface area contributed by atoms with Crippen molar-refractivity contribution in [2.45, 2.75) is 62.1 Å². The topological polar surface area (TPSA) is 53.5 Å². The van der Waals surface area contributed by atoms with Crippen LogP contribution in [0.15, 0.2) is 30.3 Å². The smallest absolute Gasteiger partial charge is 0.418 e. The number of aromatic nitrogens is 2. The molecule has 5 heterocycles. The molecule has 4 fully saturated rings. The van der Waals surface area contributed by atoms with Gasteiger partial charge in [-0.1, -0.05) is 29.8 Å². The number of hydrogen-bond acceptors (Lipinski definition) is 6. The van der Waals surface area contributed by atoms with Gasteiger partial charge in [-0.2, -0.15) is 23.1 Å². The van der Waals surface area contributed by atoms with Crippen LogP contribution in [0, 0.1) is 5.82 Å². The Balaban J connectivity index is 1.33. The summed E-state index contributed by atoms with van der Waals surface area (Å²) >= 11 is 5.95. The maximum atomic E-state index is 16.3. The molecule has 0 saturated carbocycles. The monoisotopic (exact) mass is 593 g/mol. The molecule has 218 valence electrons. The van der Waals surface area contributed by atoms with Crippen LogP contribution in [-0.2, 0) is 6.18 Å². The number of nitrogens with one attached hydrogen (secondary N) is 1. The van der Waals surface area contributed by atoms with Crippen LogP contribution in [0.5, 0.6) is 6.01 Å². The van der Waals surface area contributed by atoms with E-state index in [1.807, 2.05) is 0 Å². The van der Waals surface area contributed by atoms with Crippen molar-refractivity contribution in [1.82, 2.24) is 20.2 Å². The van der Waals surface area contributed by atoms with Crippen molar-refractivity contribution >= 4 is 28.3 Å². The predicted octanol–water partition coefficient (Wildman–Crippen LogP) is 6.00. The minimum atomic E-state index is -4.79. The zero-order valence-electron chi connectivity index (χ0n) is 22.2. The number of halogens is 6. The van der Waals surface area contributed by atoms with Gasteiger partial charge in [0.25, 0.3) is 0 Å². The first-order chi connectivity index (χ1) is 19.6. The lowest BCUT2D eigenvalue weighted by Gasteiger charge is -2.34. The maximum Gasteiger partial charge on any atom is 0.418 e. The molecule has 4 atom stereocenters. The lowest BCUT2D eigenvalue weighted by atomic mass is 9.95. The van der Waals surface area contributed by atoms with Gasteiger partial charge in [0.2, 0.25) is 0 Å². The highest BCUT2D eigenvalue weighted by Gasteiger charge is 2.49. The highest BCUT2D eigenvalue weighted by atomic mass is 35.5. The Morgan fingerprint density at radius 3 is 2.59 bits per heavy atom. The molecule has 1 aromatic heterocycles. The molecule has 2 aromatic carbocycles. The van der Waals surface area contributed by atoms with Gasteiger partial charge in [-0.25, -0.2) is 8.78 Å². The van der Waals surface area contributed by atoms with E-state index < -0.39 is 34.3 Å². The lowest BCUT2D eigenvalue weighted by Crippen LogP contribution is -2.51. The Morgan fingerprint density at radius 1 is 1.05 bits per heavy atom. The van der Waals surface area contributed by atoms with Gasteiger partial charge in [0.1, 0.15) is 24.1 Å². The molecule has 4 aliphatic heterocycles. The highest BCUT2D eigenvalue weighted by molar-refractivity contribution is 6.31. The van der Waals surface area contributed by atoms with Crippen molar-refractivity contribution in [1.29, 1.82) is 0 Å². The minimum Gasteiger partial charge on any atom is -0.461 e. The van der Waals surface area contributed by atoms with E-state index in [2.05, 4.69) is 20.1 Å². The normalized spacial score (nSPS) is 28.0. The Hall–Kier alpha value is -2.76. The molecule has 0 radical (unpaired) electrons. The fourth-order valence-electron chi connectivity index (χ4n) is 7.29. The van der Waals surface area contributed by atoms with E-state index in [9.17, 15) is 17.6 Å². The summed E-state index contributed by atoms with van der Waals surface area (Å²) < 4.78 is 78.7. The summed E-state index contributed by atoms with van der Waals surface area (Å²) in [5.74, 6) is -0.432. The molecule has 0 unspecified atom stereocenters. The fourth-order valence-corrected chi connectivity index (χ4v) is 7.58. The third-order valence-corrected chi connectivity index (χ3v) is 9.42. The van der Waals surface area contributed by atoms with E-state index in [0.29, 0.717) is 37.3 Å². The summed E-state index contributed by atoms with van der Waals surface area (Å²) in [4.78, 5) is 13.3. The van der Waals surface area contributed by atoms with Crippen LogP contribution in [0.4, 0.5) is 27.8 Å². The largest absolute Gasteiger partial charge is 0.461 e. The highest BCUT2D eigenvalue weighted by Crippen LogP contribution is 2.44. The number of hydrogen-bond donors (Lipinski definition) is 1. The SMILES string of the molecule is Fc1c(-c2cccc(Cl)c2C(F)(F)F)ccc2c(N3C[C@H]4CC[C@@H](C3)N4)nc(OC[C@@]34CCCN3C[C@H](F)C4)nc12. The molecular weight excluding hydrogens is 565 g/mol. The third-order valence-electron chi connectivity index (χ3n) is 9.10. The van der Waals surface area contributed by atoms with Crippen LogP contribution < -0.4 is 15.0 Å². The number of alkyl halides is 4. The first-order valence-electron chi connectivity index (χ1n) is 14.0. The van der Waals surface area contributed by atoms with E-state index in [1.54, 1.807) is 6.07 Å². The van der Waals surface area contributed by atoms with Gasteiger partial charge in [0, 0.05) is 49.1 Å². The van der Waals surface area contributed by atoms with Crippen molar-refractivity contribution in [3.8, 4) is 17.1 Å². The van der Waals surface area contributed by atoms with Crippen molar-refractivity contribution in [3.63, 3.8) is 0 Å². The van der Waals surface area contributed by atoms with Crippen LogP contribution in [0.3, 0.4) is 0 Å². The molecule has 1 N–H and O–H groups in total. The molecular formula is C29H29ClF5N5O. The summed E-state index contributed by atoms with van der Waals surface area (Å²) in [7, 11) is 0. The molecule has 6 nitrogen and oxygen atoms in total. The number of benzene rings is 2. The van der Waals surface area contributed by atoms with Gasteiger partial charge < -0.3 is 15.0 Å². The Labute approximate surface area is 238 Å². The van der Waals surface area contributed by atoms with E-state index in [1.165, 1.54) is 18.2 Å². The van der Waals surface area contributed by atoms with E-state index >= 15 is 4.39 Å². The number of ether oxygens (including phenoxy) is 1. The second kappa shape index (κ2) is 9.91. The predicted molar refractivity (Wildman–Crippen MR) is 146 cm³/mol. The van der Waals surface area contributed by atoms with Gasteiger partial charge in [-0.05, 0) is 49.9 Å². The summed E-state index contributed by atoms with van der Waals surface area (Å²) in [6, 6.07) is 7.05. The molecule has 41 heavy (non-hydrogen) atoms. The minimum absolute atomic E-state index is 0.0694. The van der Waals surface area contributed by atoms with Crippen molar-refractivity contribution in [3.05, 3.63) is 46.7 Å². The van der Waals surface area contributed by atoms with Crippen LogP contribution in [0.1, 0.15) is 37.7 Å². The van der Waals surface area contributed by atoms with Crippen LogP contribution in [-0.4, -0.2) is 71.4 Å². The molecule has 3 aromatic rings. The standard InChI is InChI=1S/C29H29ClF5N5O/c30-22-4-1-3-19(23(22)29(33,34)35)20-7-8-21-25(24(20)32)37-27(38-26(21)39-13-17-5-6-18(14-39)36-17)41-15-28-9-2-10-40(28)12-16(31)11-28/h1,3-4,7-8,16-18,36H,2,5-6,9-15H2/t16-,17-,18+,28+/m1/s1. The van der Waals surface area contributed by atoms with Crippen molar-refractivity contribution in [2.24, 2.45) is 0 Å². The molecule has 7 rings (SSSR count). The first kappa shape index (κ1) is 27.1. The number of piperazine rings is 1. The zero-order valence-corrected chi connectivity index (χ0v) is 22.9. The Morgan fingerprint density at radius 2 is 1.83 bits per heavy atom. The van der Waals surface area contributed by atoms with E-state index in [4.69, 9.17) is 21.3 Å². The van der Waals surface area contributed by atoms with Gasteiger partial charge in [-0.3, -0.25) is 4.90 Å². The Bertz CT molecular complexity index is 1490. The summed E-state index contributed by atoms with van der Waals surface area (Å²) in [6.07, 6.45) is -1.63. The zero-order chi connectivity index (χ0) is 28.5. The van der Waals surface area contributed by atoms with Crippen molar-refractivity contribution in [2.75, 3.05) is 37.7 Å². The number of anilines is 1. The average Bonchev–Trinajstić information content (AvgIpc) is 3.57. The third kappa shape index (κ3) is 4.70. The number of rotatable bonds is 5. The first-order valence-corrected chi connectivity index (χ1v) is 14.4. The molecule has 12 heteroatoms. The number of fused-ring (bicyclic) bond motifs is 4. The van der Waals surface area contributed by atoms with Crippen LogP contribution in [0.25, 0.3) is 22.0 Å². The summed E-state index contributed by atoms with van der Waals surface area (Å²) in [5.41, 5.74) is -2.33. The van der Waals surface area contributed by atoms with E-state index in [-0.39, 0.29) is 41.3 Å². The van der Waals surface area contributed by atoms with Gasteiger partial charge in [0.15, 0.2) is 5.82 Å². The van der Waals surface area contributed by atoms with Crippen LogP contribution in [0.2, 0.25) is 5.02 Å². The molecule has 4 aliphatic rings. The summed E-state index contributed by atoms with van der Waals surface area (Å²) in [5, 5.41) is 3.44. The fraction of sp³-hybridized carbons (Fsp3) is 0.517. The van der Waals surface area contributed by atoms with E-state index in [0.717, 1.165) is 38.3 Å². The molecule has 0 amide bonds. The van der Waals surface area contributed by atoms with Gasteiger partial charge in [-0.15, -0.1) is 0 Å². The summed E-state index contributed by atoms with van der Waals surface area (Å²) in [6.45, 7) is 2.60. The van der Waals surface area contributed by atoms with Crippen molar-refractivity contribution < 1.29 is 26.7 Å². The average molecular weight is 594 g/mol. The molecule has 2 bridgehead atoms. The van der Waals surface area contributed by atoms with Gasteiger partial charge in [0.05, 0.1) is 16.1 Å². The Kier molecular flexibility index (Phi) is 6.55. The quantitative estimate of drug-likeness (QED) is 0.366. The van der Waals surface area contributed by atoms with Crippen LogP contribution >= 0.6 is 11.6 Å². The maximum absolute atomic E-state index is 16.3. The second-order valence-corrected chi connectivity index (χ2v) is 12.1. The number of nitrogens with zero attached hydrogens (tertiary/aromatic N) is 4. The molecule has 4 saturated heterocycles. The second-order valence-electron chi connectivity index (χ2n) is 11.7. The molecule has 0 aliphatic carbocycles. The lowest BCUT2D eigenvalue weighted by molar-refractivity contribution is -0.137.